The SMILES string of the molecule is CCCCCCCCC=CCCCCCCCC(=O)C(CN)(C(=O)CCCCCCCC=CCCCCCCCC)N(C)CCO. The Hall–Kier alpha value is -1.30. The van der Waals surface area contributed by atoms with E-state index >= 15 is 0 Å². The van der Waals surface area contributed by atoms with E-state index in [9.17, 15) is 14.7 Å². The van der Waals surface area contributed by atoms with Gasteiger partial charge in [0.05, 0.1) is 6.61 Å². The lowest BCUT2D eigenvalue weighted by Gasteiger charge is -2.38. The first-order valence-electron chi connectivity index (χ1n) is 19.9. The maximum absolute atomic E-state index is 13.5. The number of carbonyl (C=O) groups excluding carboxylic acids is 2. The summed E-state index contributed by atoms with van der Waals surface area (Å²) in [6.07, 6.45) is 41.6. The number of Topliss-reactive ketones (excluding diaryl/α,β-unsaturated/α-hetero) is 2. The molecule has 0 aromatic heterocycles. The Labute approximate surface area is 286 Å². The standard InChI is InChI=1S/C41H78N2O3/c1-4-6-8-10-12-14-16-18-20-22-24-26-28-30-32-34-39(45)41(38-42,43(3)36-37-44)40(46)35-33-31-29-27-25-23-21-19-17-15-13-11-9-7-5-2/h18-21,44H,4-17,22-38,42H2,1-3H3. The molecule has 0 atom stereocenters. The number of aliphatic hydroxyl groups is 1. The van der Waals surface area contributed by atoms with Gasteiger partial charge in [0.1, 0.15) is 0 Å². The predicted molar refractivity (Wildman–Crippen MR) is 200 cm³/mol. The second-order valence-electron chi connectivity index (χ2n) is 13.7. The van der Waals surface area contributed by atoms with E-state index in [1.165, 1.54) is 116 Å². The Morgan fingerprint density at radius 1 is 0.543 bits per heavy atom. The monoisotopic (exact) mass is 647 g/mol. The van der Waals surface area contributed by atoms with Crippen molar-refractivity contribution in [2.24, 2.45) is 5.73 Å². The van der Waals surface area contributed by atoms with Gasteiger partial charge in [0, 0.05) is 25.9 Å². The van der Waals surface area contributed by atoms with Crippen molar-refractivity contribution in [3.05, 3.63) is 24.3 Å². The smallest absolute Gasteiger partial charge is 0.161 e. The van der Waals surface area contributed by atoms with Crippen LogP contribution >= 0.6 is 0 Å². The fourth-order valence-electron chi connectivity index (χ4n) is 6.43. The van der Waals surface area contributed by atoms with Gasteiger partial charge in [0.25, 0.3) is 0 Å². The van der Waals surface area contributed by atoms with Crippen LogP contribution in [-0.4, -0.2) is 53.9 Å². The molecule has 0 unspecified atom stereocenters. The van der Waals surface area contributed by atoms with Gasteiger partial charge in [-0.2, -0.15) is 0 Å². The van der Waals surface area contributed by atoms with E-state index in [1.807, 2.05) is 0 Å². The first-order valence-corrected chi connectivity index (χ1v) is 19.9. The number of nitrogens with two attached hydrogens (primary N) is 1. The highest BCUT2D eigenvalue weighted by atomic mass is 16.3. The van der Waals surface area contributed by atoms with Crippen molar-refractivity contribution in [1.82, 2.24) is 4.90 Å². The topological polar surface area (TPSA) is 83.6 Å². The molecular formula is C41H78N2O3. The average molecular weight is 647 g/mol. The third kappa shape index (κ3) is 23.1. The number of ketones is 2. The number of carbonyl (C=O) groups is 2. The molecule has 0 spiro atoms. The van der Waals surface area contributed by atoms with Gasteiger partial charge in [0.2, 0.25) is 0 Å². The van der Waals surface area contributed by atoms with Crippen LogP contribution in [0.2, 0.25) is 0 Å². The van der Waals surface area contributed by atoms with Crippen molar-refractivity contribution in [3.8, 4) is 0 Å². The molecule has 3 N–H and O–H groups in total. The van der Waals surface area contributed by atoms with Gasteiger partial charge >= 0.3 is 0 Å². The van der Waals surface area contributed by atoms with Crippen LogP contribution in [0.5, 0.6) is 0 Å². The molecular weight excluding hydrogens is 568 g/mol. The first-order chi connectivity index (χ1) is 22.5. The Balaban J connectivity index is 4.26. The zero-order chi connectivity index (χ0) is 34.0. The van der Waals surface area contributed by atoms with Crippen LogP contribution < -0.4 is 5.73 Å². The van der Waals surface area contributed by atoms with E-state index in [2.05, 4.69) is 38.2 Å². The quantitative estimate of drug-likeness (QED) is 0.0402. The minimum Gasteiger partial charge on any atom is -0.395 e. The van der Waals surface area contributed by atoms with Crippen LogP contribution in [0, 0.1) is 0 Å². The Morgan fingerprint density at radius 2 is 0.848 bits per heavy atom. The third-order valence-electron chi connectivity index (χ3n) is 9.64. The summed E-state index contributed by atoms with van der Waals surface area (Å²) in [7, 11) is 1.76. The van der Waals surface area contributed by atoms with Crippen LogP contribution in [0.25, 0.3) is 0 Å². The number of nitrogens with zero attached hydrogens (tertiary/aromatic N) is 1. The molecule has 0 aromatic carbocycles. The number of β-amino-alcohol motifs (C(OH)–C–C–N with tert-alkyl or cyclic N) is 1. The van der Waals surface area contributed by atoms with Gasteiger partial charge in [-0.1, -0.05) is 141 Å². The van der Waals surface area contributed by atoms with E-state index in [4.69, 9.17) is 5.73 Å². The number of hydrogen-bond acceptors (Lipinski definition) is 5. The maximum Gasteiger partial charge on any atom is 0.161 e. The lowest BCUT2D eigenvalue weighted by atomic mass is 9.82. The molecule has 0 saturated carbocycles. The molecule has 0 bridgehead atoms. The van der Waals surface area contributed by atoms with Crippen molar-refractivity contribution in [1.29, 1.82) is 0 Å². The zero-order valence-electron chi connectivity index (χ0n) is 31.0. The Bertz CT molecular complexity index is 696. The molecule has 0 radical (unpaired) electrons. The number of rotatable bonds is 36. The van der Waals surface area contributed by atoms with Gasteiger partial charge in [-0.25, -0.2) is 0 Å². The van der Waals surface area contributed by atoms with Crippen molar-refractivity contribution < 1.29 is 14.7 Å². The number of likely N-dealkylation sites (N-methyl/N-ethyl adjacent to an activating group) is 1. The molecule has 0 fully saturated rings. The fraction of sp³-hybridized carbons (Fsp3) is 0.854. The molecule has 0 aliphatic carbocycles. The van der Waals surface area contributed by atoms with Gasteiger partial charge in [0.15, 0.2) is 17.1 Å². The van der Waals surface area contributed by atoms with E-state index in [0.29, 0.717) is 12.8 Å². The number of allylic oxidation sites excluding steroid dienone is 4. The molecule has 5 heteroatoms. The summed E-state index contributed by atoms with van der Waals surface area (Å²) >= 11 is 0. The van der Waals surface area contributed by atoms with E-state index in [1.54, 1.807) is 11.9 Å². The highest BCUT2D eigenvalue weighted by Crippen LogP contribution is 2.23. The third-order valence-corrected chi connectivity index (χ3v) is 9.64. The number of aliphatic hydroxyl groups excluding tert-OH is 1. The van der Waals surface area contributed by atoms with Gasteiger partial charge < -0.3 is 10.8 Å². The molecule has 0 aliphatic heterocycles. The summed E-state index contributed by atoms with van der Waals surface area (Å²) in [6.45, 7) is 4.68. The van der Waals surface area contributed by atoms with Crippen molar-refractivity contribution >= 4 is 11.6 Å². The van der Waals surface area contributed by atoms with Crippen molar-refractivity contribution in [2.45, 2.75) is 199 Å². The number of unbranched alkanes of at least 4 members (excludes halogenated alkanes) is 22. The normalized spacial score (nSPS) is 13.3. The molecule has 0 aromatic rings. The summed E-state index contributed by atoms with van der Waals surface area (Å²) in [5.74, 6) is -0.136. The highest BCUT2D eigenvalue weighted by Gasteiger charge is 2.46. The summed E-state index contributed by atoms with van der Waals surface area (Å²) in [4.78, 5) is 28.7. The second kappa shape index (κ2) is 33.6. The van der Waals surface area contributed by atoms with Gasteiger partial charge in [-0.15, -0.1) is 0 Å². The minimum atomic E-state index is -1.30. The Morgan fingerprint density at radius 3 is 1.15 bits per heavy atom. The first kappa shape index (κ1) is 44.7. The highest BCUT2D eigenvalue weighted by molar-refractivity contribution is 6.11. The Kier molecular flexibility index (Phi) is 32.6. The molecule has 270 valence electrons. The zero-order valence-corrected chi connectivity index (χ0v) is 31.0. The lowest BCUT2D eigenvalue weighted by molar-refractivity contribution is -0.143. The molecule has 0 amide bonds. The van der Waals surface area contributed by atoms with E-state index in [0.717, 1.165) is 51.4 Å². The molecule has 0 rings (SSSR count). The summed E-state index contributed by atoms with van der Waals surface area (Å²) in [5, 5.41) is 9.58. The molecule has 0 saturated heterocycles. The van der Waals surface area contributed by atoms with Crippen LogP contribution in [0.15, 0.2) is 24.3 Å². The van der Waals surface area contributed by atoms with Crippen LogP contribution in [-0.2, 0) is 9.59 Å². The lowest BCUT2D eigenvalue weighted by Crippen LogP contribution is -2.63. The van der Waals surface area contributed by atoms with Gasteiger partial charge in [-0.05, 0) is 71.3 Å². The maximum atomic E-state index is 13.5. The van der Waals surface area contributed by atoms with Crippen LogP contribution in [0.4, 0.5) is 0 Å². The van der Waals surface area contributed by atoms with E-state index in [-0.39, 0.29) is 31.3 Å². The molecule has 0 aliphatic rings. The predicted octanol–water partition coefficient (Wildman–Crippen LogP) is 10.8. The summed E-state index contributed by atoms with van der Waals surface area (Å²) in [6, 6.07) is 0. The van der Waals surface area contributed by atoms with Crippen LogP contribution in [0.1, 0.15) is 194 Å². The van der Waals surface area contributed by atoms with Crippen molar-refractivity contribution in [2.75, 3.05) is 26.7 Å². The minimum absolute atomic E-state index is 0.0166. The number of hydrogen-bond donors (Lipinski definition) is 2. The fourth-order valence-corrected chi connectivity index (χ4v) is 6.43. The van der Waals surface area contributed by atoms with Crippen LogP contribution in [0.3, 0.4) is 0 Å². The second-order valence-corrected chi connectivity index (χ2v) is 13.7. The summed E-state index contributed by atoms with van der Waals surface area (Å²) in [5.41, 5.74) is 4.87. The average Bonchev–Trinajstić information content (AvgIpc) is 3.05. The van der Waals surface area contributed by atoms with E-state index < -0.39 is 5.54 Å². The molecule has 5 nitrogen and oxygen atoms in total. The molecule has 0 heterocycles. The molecule has 46 heavy (non-hydrogen) atoms. The largest absolute Gasteiger partial charge is 0.395 e. The van der Waals surface area contributed by atoms with Gasteiger partial charge in [-0.3, -0.25) is 14.5 Å². The van der Waals surface area contributed by atoms with Crippen molar-refractivity contribution in [3.63, 3.8) is 0 Å². The summed E-state index contributed by atoms with van der Waals surface area (Å²) < 4.78 is 0.